The highest BCUT2D eigenvalue weighted by Crippen LogP contribution is 2.29. The quantitative estimate of drug-likeness (QED) is 0.378. The molecule has 1 unspecified atom stereocenters. The normalized spacial score (nSPS) is 20.2. The summed E-state index contributed by atoms with van der Waals surface area (Å²) >= 11 is 0. The second kappa shape index (κ2) is 10.7. The Labute approximate surface area is 186 Å². The van der Waals surface area contributed by atoms with Crippen LogP contribution in [0.2, 0.25) is 0 Å². The number of Topliss-reactive ketones (excluding diaryl/α,β-unsaturated/α-hetero) is 1. The van der Waals surface area contributed by atoms with Crippen LogP contribution in [0.1, 0.15) is 50.4 Å². The number of rotatable bonds is 12. The first-order valence-corrected chi connectivity index (χ1v) is 10.5. The number of nitrogens with one attached hydrogen (secondary N) is 3. The topological polar surface area (TPSA) is 152 Å². The number of aryl methyl sites for hydroxylation is 1. The van der Waals surface area contributed by atoms with Gasteiger partial charge in [0.05, 0.1) is 19.3 Å². The van der Waals surface area contributed by atoms with E-state index in [1.54, 1.807) is 13.8 Å². The number of aromatic nitrogens is 1. The Morgan fingerprint density at radius 1 is 1.12 bits per heavy atom. The molecule has 0 saturated carbocycles. The molecular formula is C21H32N4O7. The monoisotopic (exact) mass is 452 g/mol. The summed E-state index contributed by atoms with van der Waals surface area (Å²) in [7, 11) is 1.39. The molecule has 3 N–H and O–H groups in total. The molecule has 0 bridgehead atoms. The van der Waals surface area contributed by atoms with Crippen LogP contribution in [0.5, 0.6) is 0 Å². The molecule has 0 radical (unpaired) electrons. The van der Waals surface area contributed by atoms with Crippen molar-refractivity contribution in [3.63, 3.8) is 0 Å². The van der Waals surface area contributed by atoms with Gasteiger partial charge in [0.1, 0.15) is 23.4 Å². The number of epoxide rings is 1. The number of amides is 3. The molecule has 1 aromatic heterocycles. The second-order valence-corrected chi connectivity index (χ2v) is 8.61. The predicted octanol–water partition coefficient (Wildman–Crippen LogP) is 0.121. The van der Waals surface area contributed by atoms with E-state index in [9.17, 15) is 19.2 Å². The zero-order valence-electron chi connectivity index (χ0n) is 19.3. The lowest BCUT2D eigenvalue weighted by molar-refractivity contribution is -0.134. The summed E-state index contributed by atoms with van der Waals surface area (Å²) in [5.74, 6) is -1.34. The lowest BCUT2D eigenvalue weighted by Crippen LogP contribution is -2.57. The molecule has 3 amide bonds. The number of hydrogen-bond acceptors (Lipinski definition) is 8. The summed E-state index contributed by atoms with van der Waals surface area (Å²) in [4.78, 5) is 50.4. The van der Waals surface area contributed by atoms with Gasteiger partial charge >= 0.3 is 0 Å². The fourth-order valence-electron chi connectivity index (χ4n) is 3.05. The minimum absolute atomic E-state index is 0.0409. The molecule has 4 atom stereocenters. The minimum atomic E-state index is -1.06. The first kappa shape index (κ1) is 25.5. The van der Waals surface area contributed by atoms with E-state index in [4.69, 9.17) is 14.0 Å². The average molecular weight is 453 g/mol. The maximum atomic E-state index is 12.9. The Bertz CT molecular complexity index is 847. The standard InChI is InChI=1S/C21H32N4O7/c1-11(2)7-14(17(26)21(5)10-31-21)23-20(29)16(9-30-6)24-18(27)13(4)22-19(28)15-8-12(3)32-25-15/h8,11,13-14,16H,7,9-10H2,1-6H3,(H,22,28)(H,23,29)(H,24,27)/t13-,14?,16-,21+/m0/s1. The molecule has 1 aliphatic rings. The van der Waals surface area contributed by atoms with E-state index in [-0.39, 0.29) is 24.0 Å². The summed E-state index contributed by atoms with van der Waals surface area (Å²) < 4.78 is 15.2. The third-order valence-corrected chi connectivity index (χ3v) is 5.01. The van der Waals surface area contributed by atoms with Gasteiger partial charge in [-0.1, -0.05) is 19.0 Å². The number of carbonyl (C=O) groups is 4. The molecule has 0 spiro atoms. The van der Waals surface area contributed by atoms with Gasteiger partial charge in [0.2, 0.25) is 11.8 Å². The lowest BCUT2D eigenvalue weighted by atomic mass is 9.93. The SMILES string of the molecule is COC[C@H](NC(=O)[C@H](C)NC(=O)c1cc(C)on1)C(=O)NC(CC(C)C)C(=O)[C@@]1(C)CO1. The number of methoxy groups -OCH3 is 1. The van der Waals surface area contributed by atoms with Gasteiger partial charge in [-0.05, 0) is 33.1 Å². The van der Waals surface area contributed by atoms with Crippen LogP contribution >= 0.6 is 0 Å². The van der Waals surface area contributed by atoms with Crippen LogP contribution in [0, 0.1) is 12.8 Å². The molecule has 11 nitrogen and oxygen atoms in total. The van der Waals surface area contributed by atoms with Crippen molar-refractivity contribution in [2.45, 2.75) is 64.8 Å². The number of carbonyl (C=O) groups excluding carboxylic acids is 4. The van der Waals surface area contributed by atoms with E-state index in [0.717, 1.165) is 0 Å². The highest BCUT2D eigenvalue weighted by Gasteiger charge is 2.50. The van der Waals surface area contributed by atoms with Crippen molar-refractivity contribution >= 4 is 23.5 Å². The Balaban J connectivity index is 2.00. The molecule has 2 rings (SSSR count). The van der Waals surface area contributed by atoms with Crippen molar-refractivity contribution < 1.29 is 33.2 Å². The molecule has 1 fully saturated rings. The molecule has 11 heteroatoms. The molecule has 1 aromatic rings. The number of ketones is 1. The van der Waals surface area contributed by atoms with Crippen LogP contribution in [-0.2, 0) is 23.9 Å². The molecule has 0 aliphatic carbocycles. The van der Waals surface area contributed by atoms with E-state index in [1.807, 2.05) is 13.8 Å². The van der Waals surface area contributed by atoms with Gasteiger partial charge < -0.3 is 29.9 Å². The number of nitrogens with zero attached hydrogens (tertiary/aromatic N) is 1. The molecular weight excluding hydrogens is 420 g/mol. The number of hydrogen-bond donors (Lipinski definition) is 3. The van der Waals surface area contributed by atoms with Gasteiger partial charge in [-0.15, -0.1) is 0 Å². The largest absolute Gasteiger partial charge is 0.382 e. The first-order valence-electron chi connectivity index (χ1n) is 10.5. The van der Waals surface area contributed by atoms with Gasteiger partial charge in [-0.3, -0.25) is 19.2 Å². The fraction of sp³-hybridized carbons (Fsp3) is 0.667. The lowest BCUT2D eigenvalue weighted by Gasteiger charge is -2.25. The van der Waals surface area contributed by atoms with Gasteiger partial charge in [0.15, 0.2) is 11.5 Å². The fourth-order valence-corrected chi connectivity index (χ4v) is 3.05. The molecule has 1 saturated heterocycles. The second-order valence-electron chi connectivity index (χ2n) is 8.61. The average Bonchev–Trinajstić information content (AvgIpc) is 3.32. The summed E-state index contributed by atoms with van der Waals surface area (Å²) in [5, 5.41) is 11.4. The smallest absolute Gasteiger partial charge is 0.274 e. The predicted molar refractivity (Wildman–Crippen MR) is 113 cm³/mol. The zero-order valence-corrected chi connectivity index (χ0v) is 19.3. The third kappa shape index (κ3) is 6.86. The first-order chi connectivity index (χ1) is 15.0. The van der Waals surface area contributed by atoms with Crippen molar-refractivity contribution in [2.24, 2.45) is 5.92 Å². The zero-order chi connectivity index (χ0) is 24.1. The van der Waals surface area contributed by atoms with Crippen LogP contribution < -0.4 is 16.0 Å². The number of ether oxygens (including phenoxy) is 2. The Morgan fingerprint density at radius 2 is 1.75 bits per heavy atom. The van der Waals surface area contributed by atoms with E-state index >= 15 is 0 Å². The van der Waals surface area contributed by atoms with E-state index in [2.05, 4.69) is 21.1 Å². The molecule has 32 heavy (non-hydrogen) atoms. The van der Waals surface area contributed by atoms with Crippen molar-refractivity contribution in [1.82, 2.24) is 21.1 Å². The van der Waals surface area contributed by atoms with Crippen molar-refractivity contribution in [2.75, 3.05) is 20.3 Å². The summed E-state index contributed by atoms with van der Waals surface area (Å²) in [6.07, 6.45) is 0.431. The van der Waals surface area contributed by atoms with Crippen molar-refractivity contribution in [3.05, 3.63) is 17.5 Å². The maximum absolute atomic E-state index is 12.9. The Hall–Kier alpha value is -2.79. The van der Waals surface area contributed by atoms with Crippen molar-refractivity contribution in [1.29, 1.82) is 0 Å². The summed E-state index contributed by atoms with van der Waals surface area (Å²) in [5.41, 5.74) is -0.843. The van der Waals surface area contributed by atoms with Crippen LogP contribution in [0.4, 0.5) is 0 Å². The molecule has 2 heterocycles. The van der Waals surface area contributed by atoms with Gasteiger partial charge in [-0.25, -0.2) is 0 Å². The maximum Gasteiger partial charge on any atom is 0.274 e. The Morgan fingerprint density at radius 3 is 2.25 bits per heavy atom. The Kier molecular flexibility index (Phi) is 8.51. The highest BCUT2D eigenvalue weighted by molar-refractivity contribution is 5.99. The molecule has 178 valence electrons. The summed E-state index contributed by atoms with van der Waals surface area (Å²) in [6.45, 7) is 8.88. The van der Waals surface area contributed by atoms with E-state index in [1.165, 1.54) is 20.1 Å². The highest BCUT2D eigenvalue weighted by atomic mass is 16.6. The van der Waals surface area contributed by atoms with Crippen LogP contribution in [0.25, 0.3) is 0 Å². The molecule has 0 aromatic carbocycles. The van der Waals surface area contributed by atoms with Gasteiger partial charge in [0, 0.05) is 13.2 Å². The van der Waals surface area contributed by atoms with E-state index in [0.29, 0.717) is 18.8 Å². The van der Waals surface area contributed by atoms with Gasteiger partial charge in [-0.2, -0.15) is 0 Å². The van der Waals surface area contributed by atoms with Crippen LogP contribution in [0.15, 0.2) is 10.6 Å². The van der Waals surface area contributed by atoms with Gasteiger partial charge in [0.25, 0.3) is 5.91 Å². The van der Waals surface area contributed by atoms with E-state index < -0.39 is 41.4 Å². The summed E-state index contributed by atoms with van der Waals surface area (Å²) in [6, 6.07) is -1.33. The molecule has 1 aliphatic heterocycles. The van der Waals surface area contributed by atoms with Crippen molar-refractivity contribution in [3.8, 4) is 0 Å². The van der Waals surface area contributed by atoms with Crippen LogP contribution in [0.3, 0.4) is 0 Å². The minimum Gasteiger partial charge on any atom is -0.382 e. The van der Waals surface area contributed by atoms with Crippen LogP contribution in [-0.4, -0.2) is 72.7 Å². The third-order valence-electron chi connectivity index (χ3n) is 5.01.